The van der Waals surface area contributed by atoms with Crippen molar-refractivity contribution < 1.29 is 9.90 Å². The molecule has 0 aliphatic rings. The van der Waals surface area contributed by atoms with Crippen molar-refractivity contribution in [1.82, 2.24) is 5.32 Å². The summed E-state index contributed by atoms with van der Waals surface area (Å²) in [4.78, 5) is 10.7. The average Bonchev–Trinajstić information content (AvgIpc) is 1.98. The maximum atomic E-state index is 10.7. The van der Waals surface area contributed by atoms with E-state index in [0.29, 0.717) is 12.8 Å². The molecule has 0 aromatic heterocycles. The Labute approximate surface area is 60.4 Å². The third-order valence-electron chi connectivity index (χ3n) is 1.26. The van der Waals surface area contributed by atoms with Gasteiger partial charge in [-0.2, -0.15) is 0 Å². The Balaban J connectivity index is 3.41. The van der Waals surface area contributed by atoms with E-state index in [-0.39, 0.29) is 12.5 Å². The summed E-state index contributed by atoms with van der Waals surface area (Å²) in [7, 11) is 1.54. The van der Waals surface area contributed by atoms with Crippen LogP contribution in [-0.4, -0.2) is 30.7 Å². The highest BCUT2D eigenvalue weighted by molar-refractivity contribution is 5.81. The second kappa shape index (κ2) is 5.20. The lowest BCUT2D eigenvalue weighted by molar-refractivity contribution is -0.122. The molecule has 10 heavy (non-hydrogen) atoms. The molecule has 4 nitrogen and oxygen atoms in total. The Morgan fingerprint density at radius 1 is 1.80 bits per heavy atom. The first kappa shape index (κ1) is 9.39. The van der Waals surface area contributed by atoms with E-state index in [1.807, 2.05) is 0 Å². The van der Waals surface area contributed by atoms with Gasteiger partial charge in [-0.05, 0) is 12.8 Å². The zero-order chi connectivity index (χ0) is 7.98. The smallest absolute Gasteiger partial charge is 0.236 e. The number of nitrogens with one attached hydrogen (secondary N) is 1. The number of hydrogen-bond acceptors (Lipinski definition) is 3. The van der Waals surface area contributed by atoms with Crippen LogP contribution < -0.4 is 11.1 Å². The normalized spacial score (nSPS) is 12.7. The molecule has 60 valence electrons. The maximum absolute atomic E-state index is 10.7. The van der Waals surface area contributed by atoms with Gasteiger partial charge in [0.25, 0.3) is 0 Å². The molecule has 0 aromatic rings. The number of likely N-dealkylation sites (N-methyl/N-ethyl adjacent to an activating group) is 1. The molecule has 0 saturated heterocycles. The Morgan fingerprint density at radius 2 is 2.40 bits per heavy atom. The van der Waals surface area contributed by atoms with Gasteiger partial charge in [-0.15, -0.1) is 0 Å². The molecule has 0 aliphatic carbocycles. The number of carbonyl (C=O) groups excluding carboxylic acids is 1. The van der Waals surface area contributed by atoms with Gasteiger partial charge < -0.3 is 16.2 Å². The Hall–Kier alpha value is -0.610. The molecule has 1 atom stereocenters. The Morgan fingerprint density at radius 3 is 2.80 bits per heavy atom. The fraction of sp³-hybridized carbons (Fsp3) is 0.833. The van der Waals surface area contributed by atoms with Crippen LogP contribution in [0, 0.1) is 0 Å². The molecule has 0 heterocycles. The second-order valence-electron chi connectivity index (χ2n) is 2.09. The van der Waals surface area contributed by atoms with Gasteiger partial charge in [-0.25, -0.2) is 0 Å². The summed E-state index contributed by atoms with van der Waals surface area (Å²) in [6, 6.07) is -0.475. The SMILES string of the molecule is CNC(=O)C(N)CCCO. The summed E-state index contributed by atoms with van der Waals surface area (Å²) in [6.45, 7) is 0.0880. The number of hydrogen-bond donors (Lipinski definition) is 3. The second-order valence-corrected chi connectivity index (χ2v) is 2.09. The quantitative estimate of drug-likeness (QED) is 0.468. The van der Waals surface area contributed by atoms with Gasteiger partial charge >= 0.3 is 0 Å². The molecule has 0 saturated carbocycles. The lowest BCUT2D eigenvalue weighted by atomic mass is 10.1. The summed E-state index contributed by atoms with van der Waals surface area (Å²) < 4.78 is 0. The van der Waals surface area contributed by atoms with Gasteiger partial charge in [-0.1, -0.05) is 0 Å². The van der Waals surface area contributed by atoms with E-state index in [4.69, 9.17) is 10.8 Å². The summed E-state index contributed by atoms with van der Waals surface area (Å²) in [6.07, 6.45) is 1.12. The van der Waals surface area contributed by atoms with Crippen LogP contribution in [0.1, 0.15) is 12.8 Å². The first-order valence-corrected chi connectivity index (χ1v) is 3.30. The van der Waals surface area contributed by atoms with Crippen LogP contribution in [0.3, 0.4) is 0 Å². The van der Waals surface area contributed by atoms with Gasteiger partial charge in [0, 0.05) is 13.7 Å². The largest absolute Gasteiger partial charge is 0.396 e. The molecule has 0 radical (unpaired) electrons. The van der Waals surface area contributed by atoms with Gasteiger partial charge in [0.1, 0.15) is 0 Å². The van der Waals surface area contributed by atoms with Crippen molar-refractivity contribution in [3.63, 3.8) is 0 Å². The van der Waals surface area contributed by atoms with Gasteiger partial charge in [-0.3, -0.25) is 4.79 Å². The molecule has 1 amide bonds. The van der Waals surface area contributed by atoms with Gasteiger partial charge in [0.05, 0.1) is 6.04 Å². The number of carbonyl (C=O) groups is 1. The predicted molar refractivity (Wildman–Crippen MR) is 38.4 cm³/mol. The molecule has 0 bridgehead atoms. The molecule has 4 heteroatoms. The van der Waals surface area contributed by atoms with Crippen molar-refractivity contribution in [3.05, 3.63) is 0 Å². The average molecular weight is 146 g/mol. The van der Waals surface area contributed by atoms with E-state index < -0.39 is 6.04 Å². The first-order chi connectivity index (χ1) is 4.72. The molecule has 0 aliphatic heterocycles. The molecule has 0 fully saturated rings. The van der Waals surface area contributed by atoms with Crippen LogP contribution in [0.5, 0.6) is 0 Å². The molecule has 0 rings (SSSR count). The molecular weight excluding hydrogens is 132 g/mol. The van der Waals surface area contributed by atoms with Crippen LogP contribution in [0.25, 0.3) is 0 Å². The lowest BCUT2D eigenvalue weighted by Gasteiger charge is -2.07. The fourth-order valence-corrected chi connectivity index (χ4v) is 0.628. The van der Waals surface area contributed by atoms with Crippen molar-refractivity contribution in [3.8, 4) is 0 Å². The zero-order valence-corrected chi connectivity index (χ0v) is 6.13. The maximum Gasteiger partial charge on any atom is 0.236 e. The summed E-state index contributed by atoms with van der Waals surface area (Å²) in [5, 5.41) is 10.8. The molecular formula is C6H14N2O2. The van der Waals surface area contributed by atoms with E-state index >= 15 is 0 Å². The standard InChI is InChI=1S/C6H14N2O2/c1-8-6(10)5(7)3-2-4-9/h5,9H,2-4,7H2,1H3,(H,8,10). The van der Waals surface area contributed by atoms with Gasteiger partial charge in [0.2, 0.25) is 5.91 Å². The first-order valence-electron chi connectivity index (χ1n) is 3.30. The van der Waals surface area contributed by atoms with Crippen LogP contribution in [0.15, 0.2) is 0 Å². The minimum atomic E-state index is -0.475. The Kier molecular flexibility index (Phi) is 4.88. The number of aliphatic hydroxyl groups is 1. The molecule has 0 aromatic carbocycles. The number of amides is 1. The zero-order valence-electron chi connectivity index (χ0n) is 6.13. The molecule has 0 spiro atoms. The van der Waals surface area contributed by atoms with Crippen LogP contribution >= 0.6 is 0 Å². The topological polar surface area (TPSA) is 75.4 Å². The van der Waals surface area contributed by atoms with Crippen molar-refractivity contribution >= 4 is 5.91 Å². The van der Waals surface area contributed by atoms with Crippen molar-refractivity contribution in [1.29, 1.82) is 0 Å². The number of rotatable bonds is 4. The lowest BCUT2D eigenvalue weighted by Crippen LogP contribution is -2.38. The van der Waals surface area contributed by atoms with Crippen LogP contribution in [0.2, 0.25) is 0 Å². The van der Waals surface area contributed by atoms with E-state index in [0.717, 1.165) is 0 Å². The fourth-order valence-electron chi connectivity index (χ4n) is 0.628. The van der Waals surface area contributed by atoms with Crippen molar-refractivity contribution in [2.45, 2.75) is 18.9 Å². The summed E-state index contributed by atoms with van der Waals surface area (Å²) in [5.41, 5.74) is 5.39. The highest BCUT2D eigenvalue weighted by Crippen LogP contribution is 1.92. The number of aliphatic hydroxyl groups excluding tert-OH is 1. The number of nitrogens with two attached hydrogens (primary N) is 1. The van der Waals surface area contributed by atoms with Gasteiger partial charge in [0.15, 0.2) is 0 Å². The summed E-state index contributed by atoms with van der Waals surface area (Å²) in [5.74, 6) is -0.173. The minimum Gasteiger partial charge on any atom is -0.396 e. The van der Waals surface area contributed by atoms with Crippen LogP contribution in [0.4, 0.5) is 0 Å². The minimum absolute atomic E-state index is 0.0880. The monoisotopic (exact) mass is 146 g/mol. The van der Waals surface area contributed by atoms with Crippen molar-refractivity contribution in [2.24, 2.45) is 5.73 Å². The van der Waals surface area contributed by atoms with E-state index in [2.05, 4.69) is 5.32 Å². The third kappa shape index (κ3) is 3.42. The third-order valence-corrected chi connectivity index (χ3v) is 1.26. The van der Waals surface area contributed by atoms with Crippen molar-refractivity contribution in [2.75, 3.05) is 13.7 Å². The molecule has 1 unspecified atom stereocenters. The summed E-state index contributed by atoms with van der Waals surface area (Å²) >= 11 is 0. The highest BCUT2D eigenvalue weighted by Gasteiger charge is 2.09. The van der Waals surface area contributed by atoms with E-state index in [9.17, 15) is 4.79 Å². The highest BCUT2D eigenvalue weighted by atomic mass is 16.3. The van der Waals surface area contributed by atoms with E-state index in [1.165, 1.54) is 0 Å². The predicted octanol–water partition coefficient (Wildman–Crippen LogP) is -1.17. The van der Waals surface area contributed by atoms with Crippen LogP contribution in [-0.2, 0) is 4.79 Å². The molecule has 4 N–H and O–H groups in total. The Bertz CT molecular complexity index is 106. The van der Waals surface area contributed by atoms with E-state index in [1.54, 1.807) is 7.05 Å².